The first-order valence-corrected chi connectivity index (χ1v) is 12.4. The van der Waals surface area contributed by atoms with Crippen molar-refractivity contribution in [1.29, 1.82) is 0 Å². The maximum absolute atomic E-state index is 15.4. The fourth-order valence-corrected chi connectivity index (χ4v) is 5.29. The van der Waals surface area contributed by atoms with Gasteiger partial charge in [0.05, 0.1) is 12.6 Å². The number of aliphatic carboxylic acids is 1. The number of ether oxygens (including phenoxy) is 1. The van der Waals surface area contributed by atoms with Crippen LogP contribution in [-0.4, -0.2) is 52.7 Å². The second-order valence-electron chi connectivity index (χ2n) is 9.46. The molecule has 3 atom stereocenters. The first-order valence-electron chi connectivity index (χ1n) is 12.4. The van der Waals surface area contributed by atoms with E-state index in [1.165, 1.54) is 0 Å². The van der Waals surface area contributed by atoms with Crippen LogP contribution in [0.1, 0.15) is 49.5 Å². The molecule has 0 aliphatic carbocycles. The summed E-state index contributed by atoms with van der Waals surface area (Å²) in [6, 6.07) is 13.2. The molecule has 0 saturated carbocycles. The molecule has 1 saturated heterocycles. The summed E-state index contributed by atoms with van der Waals surface area (Å²) >= 11 is 0. The van der Waals surface area contributed by atoms with Crippen molar-refractivity contribution in [3.05, 3.63) is 66.1 Å². The largest absolute Gasteiger partial charge is 0.497 e. The Morgan fingerprint density at radius 1 is 1.20 bits per heavy atom. The average Bonchev–Trinajstić information content (AvgIpc) is 2.87. The highest BCUT2D eigenvalue weighted by molar-refractivity contribution is 5.83. The van der Waals surface area contributed by atoms with Crippen molar-refractivity contribution in [3.63, 3.8) is 0 Å². The fraction of sp³-hybridized carbons (Fsp3) is 0.464. The summed E-state index contributed by atoms with van der Waals surface area (Å²) in [6.45, 7) is 2.61. The number of hydrogen-bond donors (Lipinski definition) is 1. The Kier molecular flexibility index (Phi) is 8.64. The lowest BCUT2D eigenvalue weighted by Gasteiger charge is -2.38. The van der Waals surface area contributed by atoms with Gasteiger partial charge in [0.1, 0.15) is 11.9 Å². The van der Waals surface area contributed by atoms with E-state index in [1.807, 2.05) is 42.6 Å². The van der Waals surface area contributed by atoms with Gasteiger partial charge in [0.25, 0.3) is 0 Å². The molecule has 3 aromatic rings. The van der Waals surface area contributed by atoms with Crippen LogP contribution in [0.2, 0.25) is 0 Å². The Labute approximate surface area is 206 Å². The van der Waals surface area contributed by atoms with E-state index in [0.717, 1.165) is 55.5 Å². The van der Waals surface area contributed by atoms with E-state index in [-0.39, 0.29) is 18.3 Å². The topological polar surface area (TPSA) is 75.5 Å². The van der Waals surface area contributed by atoms with Crippen molar-refractivity contribution in [3.8, 4) is 5.75 Å². The number of carboxylic acid groups (broad SMARTS) is 1. The number of likely N-dealkylation sites (tertiary alicyclic amines) is 1. The maximum Gasteiger partial charge on any atom is 0.303 e. The minimum Gasteiger partial charge on any atom is -0.497 e. The molecule has 2 aromatic heterocycles. The molecule has 1 aliphatic heterocycles. The van der Waals surface area contributed by atoms with Crippen LogP contribution in [0.25, 0.3) is 10.9 Å². The third-order valence-electron chi connectivity index (χ3n) is 7.16. The number of hydrogen-bond acceptors (Lipinski definition) is 5. The van der Waals surface area contributed by atoms with Crippen LogP contribution in [0.5, 0.6) is 5.75 Å². The number of nitrogens with zero attached hydrogens (tertiary/aromatic N) is 3. The lowest BCUT2D eigenvalue weighted by Crippen LogP contribution is -2.42. The predicted octanol–water partition coefficient (Wildman–Crippen LogP) is 5.47. The molecule has 6 nitrogen and oxygen atoms in total. The molecule has 1 aromatic carbocycles. The molecule has 0 unspecified atom stereocenters. The standard InChI is InChI=1S/C28H34FN3O3/c1-35-23-8-10-27-25(18-23)24(11-14-31-27)26(29)9-7-20-12-16-32(19-21(20)17-28(33)34)15-4-6-22-5-2-3-13-30-22/h2-3,5,8,10-11,13-14,18,20-21,26H,4,6-7,9,12,15-17,19H2,1H3,(H,33,34)/t20-,21+,26+/m1/s1. The summed E-state index contributed by atoms with van der Waals surface area (Å²) in [6.07, 6.45) is 6.32. The Morgan fingerprint density at radius 2 is 2.09 bits per heavy atom. The van der Waals surface area contributed by atoms with Gasteiger partial charge < -0.3 is 14.7 Å². The molecule has 0 spiro atoms. The summed E-state index contributed by atoms with van der Waals surface area (Å²) in [5.74, 6) is 0.145. The third-order valence-corrected chi connectivity index (χ3v) is 7.16. The highest BCUT2D eigenvalue weighted by Gasteiger charge is 2.31. The Bertz CT molecular complexity index is 1110. The molecule has 35 heavy (non-hydrogen) atoms. The highest BCUT2D eigenvalue weighted by atomic mass is 19.1. The monoisotopic (exact) mass is 479 g/mol. The SMILES string of the molecule is COc1ccc2nccc([C@@H](F)CC[C@@H]3CCN(CCCc4ccccn4)C[C@@H]3CC(=O)O)c2c1. The zero-order chi connectivity index (χ0) is 24.6. The lowest BCUT2D eigenvalue weighted by molar-refractivity contribution is -0.139. The molecule has 0 bridgehead atoms. The number of halogens is 1. The molecule has 0 amide bonds. The number of rotatable bonds is 11. The summed E-state index contributed by atoms with van der Waals surface area (Å²) in [5, 5.41) is 10.3. The second-order valence-corrected chi connectivity index (χ2v) is 9.46. The van der Waals surface area contributed by atoms with Crippen LogP contribution >= 0.6 is 0 Å². The van der Waals surface area contributed by atoms with E-state index in [2.05, 4.69) is 14.9 Å². The second kappa shape index (κ2) is 12.1. The van der Waals surface area contributed by atoms with Gasteiger partial charge in [-0.1, -0.05) is 6.07 Å². The predicted molar refractivity (Wildman–Crippen MR) is 134 cm³/mol. The average molecular weight is 480 g/mol. The van der Waals surface area contributed by atoms with Crippen LogP contribution in [0.15, 0.2) is 54.9 Å². The van der Waals surface area contributed by atoms with Gasteiger partial charge in [-0.05, 0) is 99.0 Å². The van der Waals surface area contributed by atoms with Crippen LogP contribution in [-0.2, 0) is 11.2 Å². The van der Waals surface area contributed by atoms with Crippen molar-refractivity contribution in [1.82, 2.24) is 14.9 Å². The number of pyridine rings is 2. The van der Waals surface area contributed by atoms with Gasteiger partial charge in [-0.15, -0.1) is 0 Å². The highest BCUT2D eigenvalue weighted by Crippen LogP contribution is 2.36. The number of piperidine rings is 1. The first kappa shape index (κ1) is 25.0. The molecule has 186 valence electrons. The van der Waals surface area contributed by atoms with E-state index >= 15 is 4.39 Å². The van der Waals surface area contributed by atoms with E-state index in [4.69, 9.17) is 4.74 Å². The fourth-order valence-electron chi connectivity index (χ4n) is 5.29. The van der Waals surface area contributed by atoms with E-state index < -0.39 is 12.1 Å². The number of benzene rings is 1. The van der Waals surface area contributed by atoms with Gasteiger partial charge in [0.15, 0.2) is 0 Å². The molecular weight excluding hydrogens is 445 g/mol. The Morgan fingerprint density at radius 3 is 2.86 bits per heavy atom. The van der Waals surface area contributed by atoms with Gasteiger partial charge in [0.2, 0.25) is 0 Å². The van der Waals surface area contributed by atoms with Gasteiger partial charge in [-0.3, -0.25) is 14.8 Å². The molecule has 4 rings (SSSR count). The summed E-state index contributed by atoms with van der Waals surface area (Å²) in [4.78, 5) is 22.7. The van der Waals surface area contributed by atoms with Crippen molar-refractivity contribution in [2.75, 3.05) is 26.7 Å². The van der Waals surface area contributed by atoms with Crippen molar-refractivity contribution in [2.45, 2.75) is 44.7 Å². The maximum atomic E-state index is 15.4. The number of fused-ring (bicyclic) bond motifs is 1. The molecular formula is C28H34FN3O3. The number of alkyl halides is 1. The quantitative estimate of drug-likeness (QED) is 0.393. The summed E-state index contributed by atoms with van der Waals surface area (Å²) in [7, 11) is 1.59. The van der Waals surface area contributed by atoms with E-state index in [9.17, 15) is 9.90 Å². The van der Waals surface area contributed by atoms with Gasteiger partial charge in [0, 0.05) is 36.4 Å². The van der Waals surface area contributed by atoms with Crippen LogP contribution in [0.3, 0.4) is 0 Å². The number of carbonyl (C=O) groups is 1. The normalized spacial score (nSPS) is 19.5. The van der Waals surface area contributed by atoms with Crippen molar-refractivity contribution >= 4 is 16.9 Å². The molecule has 1 N–H and O–H groups in total. The van der Waals surface area contributed by atoms with Gasteiger partial charge in [-0.2, -0.15) is 0 Å². The molecule has 1 aliphatic rings. The zero-order valence-electron chi connectivity index (χ0n) is 20.3. The minimum absolute atomic E-state index is 0.0394. The zero-order valence-corrected chi connectivity index (χ0v) is 20.3. The van der Waals surface area contributed by atoms with Crippen molar-refractivity contribution in [2.24, 2.45) is 11.8 Å². The smallest absolute Gasteiger partial charge is 0.303 e. The number of aryl methyl sites for hydroxylation is 1. The van der Waals surface area contributed by atoms with Crippen LogP contribution in [0.4, 0.5) is 4.39 Å². The molecule has 7 heteroatoms. The lowest BCUT2D eigenvalue weighted by atomic mass is 9.79. The summed E-state index contributed by atoms with van der Waals surface area (Å²) in [5.41, 5.74) is 2.45. The molecule has 3 heterocycles. The van der Waals surface area contributed by atoms with Crippen LogP contribution in [0, 0.1) is 11.8 Å². The Hall–Kier alpha value is -3.06. The third kappa shape index (κ3) is 6.75. The van der Waals surface area contributed by atoms with Gasteiger partial charge >= 0.3 is 5.97 Å². The molecule has 1 fully saturated rings. The minimum atomic E-state index is -1.13. The number of methoxy groups -OCH3 is 1. The number of carboxylic acids is 1. The van der Waals surface area contributed by atoms with Crippen LogP contribution < -0.4 is 4.74 Å². The number of aromatic nitrogens is 2. The van der Waals surface area contributed by atoms with Gasteiger partial charge in [-0.25, -0.2) is 4.39 Å². The van der Waals surface area contributed by atoms with Crippen molar-refractivity contribution < 1.29 is 19.0 Å². The molecule has 0 radical (unpaired) electrons. The summed E-state index contributed by atoms with van der Waals surface area (Å²) < 4.78 is 20.8. The van der Waals surface area contributed by atoms with E-state index in [0.29, 0.717) is 24.2 Å². The first-order chi connectivity index (χ1) is 17.0. The Balaban J connectivity index is 1.35. The van der Waals surface area contributed by atoms with E-state index in [1.54, 1.807) is 19.4 Å².